The Morgan fingerprint density at radius 1 is 1.24 bits per heavy atom. The van der Waals surface area contributed by atoms with Gasteiger partial charge in [-0.2, -0.15) is 0 Å². The van der Waals surface area contributed by atoms with Crippen LogP contribution in [-0.2, 0) is 16.0 Å². The number of carbonyl (C=O) groups excluding carboxylic acids is 2. The smallest absolute Gasteiger partial charge is 0.238 e. The number of likely N-dealkylation sites (N-methyl/N-ethyl adjacent to an activating group) is 1. The zero-order chi connectivity index (χ0) is 15.2. The van der Waals surface area contributed by atoms with Gasteiger partial charge in [-0.1, -0.05) is 12.1 Å². The highest BCUT2D eigenvalue weighted by Crippen LogP contribution is 2.12. The van der Waals surface area contributed by atoms with Crippen LogP contribution >= 0.6 is 0 Å². The average molecular weight is 290 g/mol. The molecule has 0 spiro atoms. The summed E-state index contributed by atoms with van der Waals surface area (Å²) in [5.41, 5.74) is 6.84. The van der Waals surface area contributed by atoms with Gasteiger partial charge in [0.05, 0.1) is 13.0 Å². The Hall–Kier alpha value is -1.92. The summed E-state index contributed by atoms with van der Waals surface area (Å²) in [6.45, 7) is 3.33. The standard InChI is InChI=1S/C15H22N4O2/c1-18-5-7-19(8-6-18)15(21)10-12-3-2-4-13(9-12)17-14(20)11-16/h2-4,9H,5-8,10-11,16H2,1H3,(H,17,20). The molecular formula is C15H22N4O2. The predicted octanol–water partition coefficient (Wildman–Crippen LogP) is -0.0997. The van der Waals surface area contributed by atoms with E-state index in [4.69, 9.17) is 5.73 Å². The molecule has 0 saturated carbocycles. The molecule has 0 radical (unpaired) electrons. The predicted molar refractivity (Wildman–Crippen MR) is 81.9 cm³/mol. The van der Waals surface area contributed by atoms with Gasteiger partial charge in [0, 0.05) is 31.9 Å². The van der Waals surface area contributed by atoms with E-state index in [1.54, 1.807) is 6.07 Å². The van der Waals surface area contributed by atoms with E-state index >= 15 is 0 Å². The quantitative estimate of drug-likeness (QED) is 0.812. The molecule has 0 unspecified atom stereocenters. The second-order valence-electron chi connectivity index (χ2n) is 5.31. The average Bonchev–Trinajstić information content (AvgIpc) is 2.48. The molecular weight excluding hydrogens is 268 g/mol. The van der Waals surface area contributed by atoms with E-state index in [1.165, 1.54) is 0 Å². The Morgan fingerprint density at radius 2 is 1.95 bits per heavy atom. The molecule has 1 aromatic rings. The lowest BCUT2D eigenvalue weighted by molar-refractivity contribution is -0.132. The number of nitrogens with two attached hydrogens (primary N) is 1. The third kappa shape index (κ3) is 4.54. The van der Waals surface area contributed by atoms with Crippen molar-refractivity contribution in [2.75, 3.05) is 45.1 Å². The van der Waals surface area contributed by atoms with Crippen molar-refractivity contribution in [3.8, 4) is 0 Å². The maximum absolute atomic E-state index is 12.3. The van der Waals surface area contributed by atoms with Crippen molar-refractivity contribution >= 4 is 17.5 Å². The maximum Gasteiger partial charge on any atom is 0.238 e. The maximum atomic E-state index is 12.3. The van der Waals surface area contributed by atoms with Crippen LogP contribution in [0, 0.1) is 0 Å². The minimum Gasteiger partial charge on any atom is -0.340 e. The Labute approximate surface area is 124 Å². The first-order valence-electron chi connectivity index (χ1n) is 7.13. The SMILES string of the molecule is CN1CCN(C(=O)Cc2cccc(NC(=O)CN)c2)CC1. The van der Waals surface area contributed by atoms with E-state index in [0.717, 1.165) is 31.7 Å². The summed E-state index contributed by atoms with van der Waals surface area (Å²) in [4.78, 5) is 27.6. The van der Waals surface area contributed by atoms with E-state index in [2.05, 4.69) is 17.3 Å². The summed E-state index contributed by atoms with van der Waals surface area (Å²) >= 11 is 0. The second kappa shape index (κ2) is 7.19. The second-order valence-corrected chi connectivity index (χ2v) is 5.31. The molecule has 0 aliphatic carbocycles. The fraction of sp³-hybridized carbons (Fsp3) is 0.467. The Bertz CT molecular complexity index is 510. The zero-order valence-electron chi connectivity index (χ0n) is 12.3. The third-order valence-corrected chi connectivity index (χ3v) is 3.61. The first kappa shape index (κ1) is 15.5. The van der Waals surface area contributed by atoms with Crippen LogP contribution < -0.4 is 11.1 Å². The Kier molecular flexibility index (Phi) is 5.30. The molecule has 1 aliphatic rings. The van der Waals surface area contributed by atoms with Crippen LogP contribution in [0.5, 0.6) is 0 Å². The van der Waals surface area contributed by atoms with E-state index < -0.39 is 0 Å². The minimum absolute atomic E-state index is 0.0511. The molecule has 2 amide bonds. The fourth-order valence-corrected chi connectivity index (χ4v) is 2.31. The number of nitrogens with zero attached hydrogens (tertiary/aromatic N) is 2. The van der Waals surface area contributed by atoms with Gasteiger partial charge < -0.3 is 20.9 Å². The lowest BCUT2D eigenvalue weighted by atomic mass is 10.1. The van der Waals surface area contributed by atoms with E-state index in [1.807, 2.05) is 23.1 Å². The van der Waals surface area contributed by atoms with E-state index in [9.17, 15) is 9.59 Å². The molecule has 2 rings (SSSR count). The van der Waals surface area contributed by atoms with Crippen molar-refractivity contribution in [1.29, 1.82) is 0 Å². The van der Waals surface area contributed by atoms with Crippen LogP contribution in [0.3, 0.4) is 0 Å². The summed E-state index contributed by atoms with van der Waals surface area (Å²) in [6.07, 6.45) is 0.357. The molecule has 1 aromatic carbocycles. The van der Waals surface area contributed by atoms with E-state index in [0.29, 0.717) is 12.1 Å². The van der Waals surface area contributed by atoms with Gasteiger partial charge in [0.15, 0.2) is 0 Å². The molecule has 3 N–H and O–H groups in total. The number of anilines is 1. The third-order valence-electron chi connectivity index (χ3n) is 3.61. The van der Waals surface area contributed by atoms with E-state index in [-0.39, 0.29) is 18.4 Å². The highest BCUT2D eigenvalue weighted by molar-refractivity contribution is 5.92. The van der Waals surface area contributed by atoms with Gasteiger partial charge in [0.2, 0.25) is 11.8 Å². The highest BCUT2D eigenvalue weighted by atomic mass is 16.2. The molecule has 1 fully saturated rings. The van der Waals surface area contributed by atoms with Crippen LogP contribution in [0.25, 0.3) is 0 Å². The molecule has 21 heavy (non-hydrogen) atoms. The number of hydrogen-bond donors (Lipinski definition) is 2. The number of nitrogens with one attached hydrogen (secondary N) is 1. The number of amides is 2. The summed E-state index contributed by atoms with van der Waals surface area (Å²) in [7, 11) is 2.06. The molecule has 1 saturated heterocycles. The molecule has 6 nitrogen and oxygen atoms in total. The lowest BCUT2D eigenvalue weighted by Gasteiger charge is -2.32. The fourth-order valence-electron chi connectivity index (χ4n) is 2.31. The van der Waals surface area contributed by atoms with Crippen molar-refractivity contribution < 1.29 is 9.59 Å². The summed E-state index contributed by atoms with van der Waals surface area (Å²) in [6, 6.07) is 7.34. The highest BCUT2D eigenvalue weighted by Gasteiger charge is 2.19. The van der Waals surface area contributed by atoms with Gasteiger partial charge >= 0.3 is 0 Å². The van der Waals surface area contributed by atoms with Crippen LogP contribution in [0.15, 0.2) is 24.3 Å². The summed E-state index contributed by atoms with van der Waals surface area (Å²) in [5, 5.41) is 2.70. The van der Waals surface area contributed by atoms with Crippen LogP contribution in [0.1, 0.15) is 5.56 Å². The van der Waals surface area contributed by atoms with Gasteiger partial charge in [0.1, 0.15) is 0 Å². The molecule has 1 heterocycles. The number of carbonyl (C=O) groups is 2. The number of piperazine rings is 1. The van der Waals surface area contributed by atoms with Gasteiger partial charge in [-0.15, -0.1) is 0 Å². The topological polar surface area (TPSA) is 78.7 Å². The monoisotopic (exact) mass is 290 g/mol. The Balaban J connectivity index is 1.94. The Morgan fingerprint density at radius 3 is 2.62 bits per heavy atom. The van der Waals surface area contributed by atoms with Crippen molar-refractivity contribution in [2.45, 2.75) is 6.42 Å². The molecule has 114 valence electrons. The zero-order valence-corrected chi connectivity index (χ0v) is 12.3. The summed E-state index contributed by atoms with van der Waals surface area (Å²) in [5.74, 6) is -0.108. The van der Waals surface area contributed by atoms with Crippen molar-refractivity contribution in [2.24, 2.45) is 5.73 Å². The number of rotatable bonds is 4. The molecule has 1 aliphatic heterocycles. The largest absolute Gasteiger partial charge is 0.340 e. The summed E-state index contributed by atoms with van der Waals surface area (Å²) < 4.78 is 0. The van der Waals surface area contributed by atoms with Gasteiger partial charge in [-0.3, -0.25) is 9.59 Å². The first-order valence-corrected chi connectivity index (χ1v) is 7.13. The van der Waals surface area contributed by atoms with Crippen molar-refractivity contribution in [3.63, 3.8) is 0 Å². The van der Waals surface area contributed by atoms with Crippen LogP contribution in [-0.4, -0.2) is 61.4 Å². The molecule has 0 aromatic heterocycles. The molecule has 0 bridgehead atoms. The van der Waals surface area contributed by atoms with Gasteiger partial charge in [-0.25, -0.2) is 0 Å². The molecule has 0 atom stereocenters. The van der Waals surface area contributed by atoms with Crippen LogP contribution in [0.4, 0.5) is 5.69 Å². The lowest BCUT2D eigenvalue weighted by Crippen LogP contribution is -2.47. The minimum atomic E-state index is -0.238. The molecule has 6 heteroatoms. The van der Waals surface area contributed by atoms with Crippen LogP contribution in [0.2, 0.25) is 0 Å². The normalized spacial score (nSPS) is 15.8. The van der Waals surface area contributed by atoms with Gasteiger partial charge in [-0.05, 0) is 24.7 Å². The van der Waals surface area contributed by atoms with Crippen molar-refractivity contribution in [1.82, 2.24) is 9.80 Å². The van der Waals surface area contributed by atoms with Gasteiger partial charge in [0.25, 0.3) is 0 Å². The number of benzene rings is 1. The first-order chi connectivity index (χ1) is 10.1. The number of hydrogen-bond acceptors (Lipinski definition) is 4. The van der Waals surface area contributed by atoms with Crippen molar-refractivity contribution in [3.05, 3.63) is 29.8 Å².